The minimum absolute atomic E-state index is 0.00286. The van der Waals surface area contributed by atoms with Gasteiger partial charge in [-0.15, -0.1) is 11.3 Å². The zero-order chi connectivity index (χ0) is 32.9. The Hall–Kier alpha value is -4.45. The Kier molecular flexibility index (Phi) is 12.9. The fourth-order valence-corrected chi connectivity index (χ4v) is 5.66. The van der Waals surface area contributed by atoms with Crippen molar-refractivity contribution in [3.8, 4) is 11.5 Å². The number of aromatic nitrogens is 1. The second kappa shape index (κ2) is 17.3. The van der Waals surface area contributed by atoms with Gasteiger partial charge >= 0.3 is 0 Å². The average molecular weight is 650 g/mol. The Balaban J connectivity index is 1.50. The van der Waals surface area contributed by atoms with Gasteiger partial charge < -0.3 is 30.7 Å². The number of nitrogens with one attached hydrogen (secondary N) is 4. The quantitative estimate of drug-likeness (QED) is 0.297. The molecule has 1 aliphatic rings. The van der Waals surface area contributed by atoms with E-state index in [2.05, 4.69) is 26.3 Å². The van der Waals surface area contributed by atoms with E-state index in [1.54, 1.807) is 59.9 Å². The maximum Gasteiger partial charge on any atom is 0.255 e. The molecule has 0 radical (unpaired) electrons. The van der Waals surface area contributed by atoms with Crippen LogP contribution < -0.4 is 30.7 Å². The smallest absolute Gasteiger partial charge is 0.255 e. The van der Waals surface area contributed by atoms with E-state index in [4.69, 9.17) is 9.47 Å². The number of carbonyl (C=O) groups is 4. The number of benzene rings is 2. The highest BCUT2D eigenvalue weighted by atomic mass is 32.1. The highest BCUT2D eigenvalue weighted by Gasteiger charge is 2.25. The fourth-order valence-electron chi connectivity index (χ4n) is 4.84. The fraction of sp³-hybridized carbons (Fsp3) is 0.441. The van der Waals surface area contributed by atoms with Crippen molar-refractivity contribution in [2.45, 2.75) is 65.0 Å². The van der Waals surface area contributed by atoms with Crippen molar-refractivity contribution < 1.29 is 28.7 Å². The van der Waals surface area contributed by atoms with Gasteiger partial charge in [0.2, 0.25) is 11.8 Å². The molecule has 46 heavy (non-hydrogen) atoms. The van der Waals surface area contributed by atoms with E-state index in [0.29, 0.717) is 43.0 Å². The first-order chi connectivity index (χ1) is 22.2. The van der Waals surface area contributed by atoms with E-state index < -0.39 is 11.9 Å². The minimum atomic E-state index is -0.949. The zero-order valence-corrected chi connectivity index (χ0v) is 27.4. The largest absolute Gasteiger partial charge is 0.493 e. The summed E-state index contributed by atoms with van der Waals surface area (Å²) in [6, 6.07) is 12.5. The third-order valence-electron chi connectivity index (χ3n) is 7.51. The number of nitrogens with zero attached hydrogens (tertiary/aromatic N) is 1. The van der Waals surface area contributed by atoms with Crippen molar-refractivity contribution >= 4 is 35.0 Å². The van der Waals surface area contributed by atoms with Gasteiger partial charge in [0.1, 0.15) is 24.1 Å². The molecule has 4 N–H and O–H groups in total. The van der Waals surface area contributed by atoms with Crippen molar-refractivity contribution in [3.05, 3.63) is 75.7 Å². The van der Waals surface area contributed by atoms with Crippen molar-refractivity contribution in [1.82, 2.24) is 26.3 Å². The van der Waals surface area contributed by atoms with E-state index in [9.17, 15) is 19.2 Å². The number of hydrogen-bond acceptors (Lipinski definition) is 8. The number of para-hydroxylation sites is 2. The number of rotatable bonds is 6. The zero-order valence-electron chi connectivity index (χ0n) is 26.6. The molecule has 2 aromatic carbocycles. The number of thiazole rings is 1. The lowest BCUT2D eigenvalue weighted by molar-refractivity contribution is -0.124. The standard InChI is InChI=1S/C34H43N5O6S/c1-22(2)27-20-45-29-13-7-4-10-24(29)32(41)35-18-9-19-44-28-12-6-5-11-25(28)33(42)39-26(15-16-30(40)38-27)34(43)36-17-8-14-31-37-23(3)21-46-31/h4-7,10-13,21-22,26-27H,8-9,14-20H2,1-3H3,(H,35,41)(H,36,43)(H,38,40)(H,39,42)/t26-,27+/m0/s1. The van der Waals surface area contributed by atoms with Crippen molar-refractivity contribution in [2.75, 3.05) is 26.3 Å². The molecular formula is C34H43N5O6S. The van der Waals surface area contributed by atoms with Gasteiger partial charge in [0.25, 0.3) is 11.8 Å². The maximum atomic E-state index is 13.4. The molecule has 0 fully saturated rings. The molecule has 2 atom stereocenters. The Bertz CT molecular complexity index is 1490. The summed E-state index contributed by atoms with van der Waals surface area (Å²) < 4.78 is 11.9. The number of ether oxygens (including phenoxy) is 2. The molecule has 4 rings (SSSR count). The number of carbonyl (C=O) groups excluding carboxylic acids is 4. The summed E-state index contributed by atoms with van der Waals surface area (Å²) in [5, 5.41) is 14.6. The van der Waals surface area contributed by atoms with Crippen molar-refractivity contribution in [3.63, 3.8) is 0 Å². The summed E-state index contributed by atoms with van der Waals surface area (Å²) in [5.41, 5.74) is 1.64. The molecule has 3 aromatic rings. The Morgan fingerprint density at radius 1 is 1.00 bits per heavy atom. The van der Waals surface area contributed by atoms with Crippen LogP contribution in [0.1, 0.15) is 70.9 Å². The molecular weight excluding hydrogens is 606 g/mol. The van der Waals surface area contributed by atoms with Crippen LogP contribution in [0.4, 0.5) is 0 Å². The number of hydrogen-bond donors (Lipinski definition) is 4. The maximum absolute atomic E-state index is 13.4. The lowest BCUT2D eigenvalue weighted by atomic mass is 10.0. The summed E-state index contributed by atoms with van der Waals surface area (Å²) in [6.45, 7) is 7.03. The first kappa shape index (κ1) is 34.4. The summed E-state index contributed by atoms with van der Waals surface area (Å²) in [4.78, 5) is 57.3. The van der Waals surface area contributed by atoms with Crippen LogP contribution in [0.5, 0.6) is 11.5 Å². The van der Waals surface area contributed by atoms with Gasteiger partial charge in [-0.1, -0.05) is 38.1 Å². The molecule has 11 nitrogen and oxygen atoms in total. The number of amides is 4. The van der Waals surface area contributed by atoms with Crippen LogP contribution in [0.2, 0.25) is 0 Å². The molecule has 4 amide bonds. The van der Waals surface area contributed by atoms with E-state index in [1.165, 1.54) is 0 Å². The first-order valence-corrected chi connectivity index (χ1v) is 16.6. The van der Waals surface area contributed by atoms with Crippen LogP contribution in [-0.4, -0.2) is 67.0 Å². The number of aryl methyl sites for hydroxylation is 2. The van der Waals surface area contributed by atoms with Gasteiger partial charge in [-0.25, -0.2) is 4.98 Å². The van der Waals surface area contributed by atoms with Crippen molar-refractivity contribution in [2.24, 2.45) is 5.92 Å². The Labute approximate surface area is 273 Å². The van der Waals surface area contributed by atoms with Gasteiger partial charge in [-0.2, -0.15) is 0 Å². The minimum Gasteiger partial charge on any atom is -0.493 e. The number of fused-ring (bicyclic) bond motifs is 2. The van der Waals surface area contributed by atoms with Gasteiger partial charge in [-0.05, 0) is 56.4 Å². The highest BCUT2D eigenvalue weighted by Crippen LogP contribution is 2.21. The van der Waals surface area contributed by atoms with Crippen LogP contribution in [0.15, 0.2) is 53.9 Å². The summed E-state index contributed by atoms with van der Waals surface area (Å²) >= 11 is 1.59. The molecule has 12 heteroatoms. The topological polar surface area (TPSA) is 148 Å². The summed E-state index contributed by atoms with van der Waals surface area (Å²) in [7, 11) is 0. The Morgan fingerprint density at radius 3 is 2.39 bits per heavy atom. The third kappa shape index (κ3) is 10.3. The monoisotopic (exact) mass is 649 g/mol. The lowest BCUT2D eigenvalue weighted by Crippen LogP contribution is -2.48. The molecule has 0 saturated heterocycles. The average Bonchev–Trinajstić information content (AvgIpc) is 3.47. The molecule has 1 aromatic heterocycles. The first-order valence-electron chi connectivity index (χ1n) is 15.7. The molecule has 0 spiro atoms. The normalized spacial score (nSPS) is 18.5. The lowest BCUT2D eigenvalue weighted by Gasteiger charge is -2.24. The van der Waals surface area contributed by atoms with Gasteiger partial charge in [-0.3, -0.25) is 19.2 Å². The summed E-state index contributed by atoms with van der Waals surface area (Å²) in [5.74, 6) is -0.607. The van der Waals surface area contributed by atoms with E-state index in [0.717, 1.165) is 17.1 Å². The second-order valence-corrected chi connectivity index (χ2v) is 12.5. The van der Waals surface area contributed by atoms with Gasteiger partial charge in [0.05, 0.1) is 28.8 Å². The third-order valence-corrected chi connectivity index (χ3v) is 8.54. The molecule has 0 aliphatic carbocycles. The van der Waals surface area contributed by atoms with Crippen LogP contribution in [0.25, 0.3) is 0 Å². The highest BCUT2D eigenvalue weighted by molar-refractivity contribution is 7.09. The van der Waals surface area contributed by atoms with E-state index in [-0.39, 0.29) is 61.3 Å². The van der Waals surface area contributed by atoms with Gasteiger partial charge in [0, 0.05) is 37.0 Å². The Morgan fingerprint density at radius 2 is 1.70 bits per heavy atom. The van der Waals surface area contributed by atoms with Crippen LogP contribution in [0, 0.1) is 12.8 Å². The van der Waals surface area contributed by atoms with Crippen LogP contribution >= 0.6 is 11.3 Å². The SMILES string of the molecule is Cc1csc(CCCNC(=O)[C@@H]2CCC(=O)N[C@@H](C(C)C)COc3ccccc3C(=O)NCCCOc3ccccc3C(=O)N2)n1. The van der Waals surface area contributed by atoms with Crippen LogP contribution in [-0.2, 0) is 16.0 Å². The van der Waals surface area contributed by atoms with E-state index >= 15 is 0 Å². The van der Waals surface area contributed by atoms with Crippen molar-refractivity contribution in [1.29, 1.82) is 0 Å². The second-order valence-electron chi connectivity index (χ2n) is 11.5. The van der Waals surface area contributed by atoms with Gasteiger partial charge in [0.15, 0.2) is 0 Å². The molecule has 246 valence electrons. The summed E-state index contributed by atoms with van der Waals surface area (Å²) in [6.07, 6.45) is 2.01. The van der Waals surface area contributed by atoms with Crippen LogP contribution in [0.3, 0.4) is 0 Å². The molecule has 0 bridgehead atoms. The molecule has 0 unspecified atom stereocenters. The molecule has 1 aliphatic heterocycles. The molecule has 2 heterocycles. The molecule has 0 saturated carbocycles. The van der Waals surface area contributed by atoms with E-state index in [1.807, 2.05) is 26.2 Å². The predicted molar refractivity (Wildman–Crippen MR) is 176 cm³/mol. The predicted octanol–water partition coefficient (Wildman–Crippen LogP) is 3.81.